The highest BCUT2D eigenvalue weighted by Gasteiger charge is 2.19. The molecule has 0 aliphatic heterocycles. The fourth-order valence-electron chi connectivity index (χ4n) is 2.04. The Morgan fingerprint density at radius 1 is 1.33 bits per heavy atom. The van der Waals surface area contributed by atoms with Gasteiger partial charge in [0.05, 0.1) is 16.2 Å². The van der Waals surface area contributed by atoms with Crippen molar-refractivity contribution in [3.05, 3.63) is 47.5 Å². The van der Waals surface area contributed by atoms with Crippen LogP contribution in [0.25, 0.3) is 0 Å². The number of carbonyl (C=O) groups is 1. The minimum Gasteiger partial charge on any atom is -0.478 e. The maximum absolute atomic E-state index is 12.4. The summed E-state index contributed by atoms with van der Waals surface area (Å²) < 4.78 is 26.6. The van der Waals surface area contributed by atoms with Crippen LogP contribution in [0.2, 0.25) is 0 Å². The summed E-state index contributed by atoms with van der Waals surface area (Å²) in [5.74, 6) is -0.508. The third kappa shape index (κ3) is 3.30. The lowest BCUT2D eigenvalue weighted by Gasteiger charge is -2.10. The van der Waals surface area contributed by atoms with Crippen LogP contribution in [0.3, 0.4) is 0 Å². The monoisotopic (exact) mass is 308 g/mol. The first kappa shape index (κ1) is 15.2. The molecule has 0 fully saturated rings. The van der Waals surface area contributed by atoms with E-state index < -0.39 is 15.8 Å². The lowest BCUT2D eigenvalue weighted by molar-refractivity contribution is 0.0696. The zero-order chi connectivity index (χ0) is 15.6. The minimum atomic E-state index is -3.55. The molecule has 0 saturated heterocycles. The highest BCUT2D eigenvalue weighted by atomic mass is 32.2. The molecule has 112 valence electrons. The number of aromatic nitrogens is 2. The van der Waals surface area contributed by atoms with Crippen molar-refractivity contribution >= 4 is 15.8 Å². The molecule has 2 aromatic rings. The second-order valence-electron chi connectivity index (χ2n) is 4.77. The van der Waals surface area contributed by atoms with Gasteiger partial charge in [0.15, 0.2) is 9.84 Å². The average Bonchev–Trinajstić information content (AvgIpc) is 2.82. The second kappa shape index (κ2) is 5.69. The van der Waals surface area contributed by atoms with Gasteiger partial charge in [0.2, 0.25) is 0 Å². The van der Waals surface area contributed by atoms with Crippen molar-refractivity contribution < 1.29 is 18.3 Å². The summed E-state index contributed by atoms with van der Waals surface area (Å²) in [5, 5.41) is 8.98. The number of imidazole rings is 1. The van der Waals surface area contributed by atoms with E-state index in [1.165, 1.54) is 18.2 Å². The lowest BCUT2D eigenvalue weighted by atomic mass is 10.1. The first-order chi connectivity index (χ1) is 9.81. The summed E-state index contributed by atoms with van der Waals surface area (Å²) in [6.45, 7) is 3.73. The van der Waals surface area contributed by atoms with E-state index in [4.69, 9.17) is 5.11 Å². The van der Waals surface area contributed by atoms with Gasteiger partial charge in [0.25, 0.3) is 0 Å². The Morgan fingerprint density at radius 2 is 2.05 bits per heavy atom. The molecule has 1 heterocycles. The van der Waals surface area contributed by atoms with Crippen LogP contribution in [0.15, 0.2) is 35.5 Å². The third-order valence-electron chi connectivity index (χ3n) is 3.29. The molecule has 1 aromatic carbocycles. The summed E-state index contributed by atoms with van der Waals surface area (Å²) in [4.78, 5) is 15.1. The van der Waals surface area contributed by atoms with Crippen LogP contribution in [-0.2, 0) is 16.4 Å². The Bertz CT molecular complexity index is 778. The van der Waals surface area contributed by atoms with Crippen molar-refractivity contribution in [3.8, 4) is 0 Å². The van der Waals surface area contributed by atoms with Gasteiger partial charge in [-0.3, -0.25) is 0 Å². The summed E-state index contributed by atoms with van der Waals surface area (Å²) in [6, 6.07) is 4.13. The molecule has 0 amide bonds. The minimum absolute atomic E-state index is 0.0296. The molecule has 1 aromatic heterocycles. The molecule has 1 N–H and O–H groups in total. The van der Waals surface area contributed by atoms with Crippen LogP contribution in [0, 0.1) is 13.8 Å². The van der Waals surface area contributed by atoms with Gasteiger partial charge in [0.1, 0.15) is 5.82 Å². The van der Waals surface area contributed by atoms with Gasteiger partial charge in [-0.1, -0.05) is 6.07 Å². The number of carboxylic acids is 1. The molecule has 21 heavy (non-hydrogen) atoms. The maximum atomic E-state index is 12.4. The largest absolute Gasteiger partial charge is 0.478 e. The zero-order valence-electron chi connectivity index (χ0n) is 11.8. The van der Waals surface area contributed by atoms with Crippen molar-refractivity contribution in [2.24, 2.45) is 0 Å². The van der Waals surface area contributed by atoms with E-state index >= 15 is 0 Å². The Labute approximate surface area is 123 Å². The Kier molecular flexibility index (Phi) is 4.13. The molecule has 0 aliphatic carbocycles. The molecule has 0 bridgehead atoms. The Hall–Kier alpha value is -2.15. The topological polar surface area (TPSA) is 89.3 Å². The van der Waals surface area contributed by atoms with E-state index in [0.29, 0.717) is 5.56 Å². The number of hydrogen-bond acceptors (Lipinski definition) is 4. The van der Waals surface area contributed by atoms with Crippen molar-refractivity contribution in [3.63, 3.8) is 0 Å². The van der Waals surface area contributed by atoms with E-state index in [9.17, 15) is 13.2 Å². The normalized spacial score (nSPS) is 11.5. The van der Waals surface area contributed by atoms with E-state index in [2.05, 4.69) is 4.98 Å². The summed E-state index contributed by atoms with van der Waals surface area (Å²) in [5.41, 5.74) is 0.514. The van der Waals surface area contributed by atoms with Gasteiger partial charge >= 0.3 is 5.97 Å². The second-order valence-corrected chi connectivity index (χ2v) is 6.85. The number of nitrogens with zero attached hydrogens (tertiary/aromatic N) is 2. The molecular formula is C14H16N2O4S. The molecule has 0 radical (unpaired) electrons. The SMILES string of the molecule is Cc1ccc(C(=O)O)cc1S(=O)(=O)CCn1ccnc1C. The van der Waals surface area contributed by atoms with Gasteiger partial charge in [-0.25, -0.2) is 18.2 Å². The van der Waals surface area contributed by atoms with Crippen molar-refractivity contribution in [2.45, 2.75) is 25.3 Å². The first-order valence-corrected chi connectivity index (χ1v) is 8.01. The number of aromatic carboxylic acids is 1. The Balaban J connectivity index is 2.29. The quantitative estimate of drug-likeness (QED) is 0.907. The lowest BCUT2D eigenvalue weighted by Crippen LogP contribution is -2.15. The molecule has 0 spiro atoms. The molecule has 0 aliphatic rings. The standard InChI is InChI=1S/C14H16N2O4S/c1-10-3-4-12(14(17)18)9-13(10)21(19,20)8-7-16-6-5-15-11(16)2/h3-6,9H,7-8H2,1-2H3,(H,17,18). The molecular weight excluding hydrogens is 292 g/mol. The van der Waals surface area contributed by atoms with Gasteiger partial charge in [-0.15, -0.1) is 0 Å². The summed E-state index contributed by atoms with van der Waals surface area (Å²) >= 11 is 0. The molecule has 0 atom stereocenters. The fraction of sp³-hybridized carbons (Fsp3) is 0.286. The number of rotatable bonds is 5. The highest BCUT2D eigenvalue weighted by Crippen LogP contribution is 2.19. The van der Waals surface area contributed by atoms with Crippen LogP contribution in [0.1, 0.15) is 21.7 Å². The number of carboxylic acid groups (broad SMARTS) is 1. The number of hydrogen-bond donors (Lipinski definition) is 1. The van der Waals surface area contributed by atoms with Gasteiger partial charge in [0, 0.05) is 18.9 Å². The van der Waals surface area contributed by atoms with Crippen molar-refractivity contribution in [1.82, 2.24) is 9.55 Å². The van der Waals surface area contributed by atoms with Crippen LogP contribution in [-0.4, -0.2) is 34.8 Å². The number of sulfone groups is 1. The summed E-state index contributed by atoms with van der Waals surface area (Å²) in [7, 11) is -3.55. The highest BCUT2D eigenvalue weighted by molar-refractivity contribution is 7.91. The van der Waals surface area contributed by atoms with Crippen LogP contribution in [0.4, 0.5) is 0 Å². The molecule has 2 rings (SSSR count). The predicted octanol–water partition coefficient (Wildman–Crippen LogP) is 1.67. The first-order valence-electron chi connectivity index (χ1n) is 6.36. The van der Waals surface area contributed by atoms with Crippen LogP contribution < -0.4 is 0 Å². The Morgan fingerprint density at radius 3 is 2.62 bits per heavy atom. The van der Waals surface area contributed by atoms with E-state index in [1.807, 2.05) is 0 Å². The van der Waals surface area contributed by atoms with E-state index in [0.717, 1.165) is 5.82 Å². The van der Waals surface area contributed by atoms with Crippen molar-refractivity contribution in [2.75, 3.05) is 5.75 Å². The predicted molar refractivity (Wildman–Crippen MR) is 77.2 cm³/mol. The van der Waals surface area contributed by atoms with Gasteiger partial charge in [-0.2, -0.15) is 0 Å². The molecule has 6 nitrogen and oxygen atoms in total. The molecule has 0 unspecified atom stereocenters. The van der Waals surface area contributed by atoms with E-state index in [1.54, 1.807) is 30.8 Å². The smallest absolute Gasteiger partial charge is 0.335 e. The fourth-order valence-corrected chi connectivity index (χ4v) is 3.56. The molecule has 7 heteroatoms. The van der Waals surface area contributed by atoms with Gasteiger partial charge in [-0.05, 0) is 31.5 Å². The number of benzene rings is 1. The zero-order valence-corrected chi connectivity index (χ0v) is 12.6. The van der Waals surface area contributed by atoms with E-state index in [-0.39, 0.29) is 22.8 Å². The maximum Gasteiger partial charge on any atom is 0.335 e. The molecule has 0 saturated carbocycles. The average molecular weight is 308 g/mol. The van der Waals surface area contributed by atoms with Gasteiger partial charge < -0.3 is 9.67 Å². The van der Waals surface area contributed by atoms with Crippen LogP contribution >= 0.6 is 0 Å². The van der Waals surface area contributed by atoms with Crippen molar-refractivity contribution in [1.29, 1.82) is 0 Å². The van der Waals surface area contributed by atoms with Crippen LogP contribution in [0.5, 0.6) is 0 Å². The third-order valence-corrected chi connectivity index (χ3v) is 5.12. The number of aryl methyl sites for hydroxylation is 3. The summed E-state index contributed by atoms with van der Waals surface area (Å²) in [6.07, 6.45) is 3.32.